The van der Waals surface area contributed by atoms with Gasteiger partial charge in [-0.3, -0.25) is 4.79 Å². The maximum absolute atomic E-state index is 11.2. The van der Waals surface area contributed by atoms with Gasteiger partial charge in [-0.25, -0.2) is 0 Å². The summed E-state index contributed by atoms with van der Waals surface area (Å²) in [5.41, 5.74) is 0. The highest BCUT2D eigenvalue weighted by Gasteiger charge is 2.29. The zero-order valence-corrected chi connectivity index (χ0v) is 9.71. The monoisotopic (exact) mass is 210 g/mol. The Labute approximate surface area is 92.4 Å². The molecule has 0 radical (unpaired) electrons. The predicted octanol–water partition coefficient (Wildman–Crippen LogP) is 2.95. The first kappa shape index (κ1) is 11.1. The molecule has 15 heavy (non-hydrogen) atoms. The van der Waals surface area contributed by atoms with Crippen LogP contribution < -0.4 is 0 Å². The normalized spacial score (nSPS) is 34.3. The van der Waals surface area contributed by atoms with Crippen molar-refractivity contribution >= 4 is 5.78 Å². The van der Waals surface area contributed by atoms with E-state index in [1.54, 1.807) is 0 Å². The number of ether oxygens (including phenoxy) is 1. The van der Waals surface area contributed by atoms with E-state index < -0.39 is 0 Å². The lowest BCUT2D eigenvalue weighted by Crippen LogP contribution is -2.28. The van der Waals surface area contributed by atoms with Crippen LogP contribution in [0, 0.1) is 11.8 Å². The second-order valence-electron chi connectivity index (χ2n) is 5.15. The minimum absolute atomic E-state index is 0.483. The van der Waals surface area contributed by atoms with Gasteiger partial charge in [0, 0.05) is 20.0 Å². The van der Waals surface area contributed by atoms with E-state index in [0.29, 0.717) is 11.9 Å². The summed E-state index contributed by atoms with van der Waals surface area (Å²) in [7, 11) is 1.82. The zero-order valence-electron chi connectivity index (χ0n) is 9.71. The number of carbonyl (C=O) groups is 1. The maximum atomic E-state index is 11.2. The van der Waals surface area contributed by atoms with Gasteiger partial charge in [0.15, 0.2) is 0 Å². The van der Waals surface area contributed by atoms with Gasteiger partial charge in [-0.15, -0.1) is 0 Å². The Balaban J connectivity index is 1.78. The molecule has 2 rings (SSSR count). The van der Waals surface area contributed by atoms with Crippen molar-refractivity contribution in [2.24, 2.45) is 11.8 Å². The number of methoxy groups -OCH3 is 1. The molecule has 0 spiro atoms. The minimum atomic E-state index is 0.483. The predicted molar refractivity (Wildman–Crippen MR) is 59.7 cm³/mol. The molecule has 2 aliphatic rings. The molecular formula is C13H22O2. The number of Topliss-reactive ketones (excluding diaryl/α,β-unsaturated/α-hetero) is 1. The Morgan fingerprint density at radius 1 is 0.933 bits per heavy atom. The van der Waals surface area contributed by atoms with E-state index in [1.807, 2.05) is 7.11 Å². The molecule has 2 aliphatic carbocycles. The molecule has 0 heterocycles. The summed E-state index contributed by atoms with van der Waals surface area (Å²) in [5.74, 6) is 2.20. The van der Waals surface area contributed by atoms with Gasteiger partial charge in [-0.1, -0.05) is 0 Å². The molecule has 0 aromatic rings. The van der Waals surface area contributed by atoms with Crippen molar-refractivity contribution < 1.29 is 9.53 Å². The standard InChI is InChI=1S/C13H22O2/c1-15-13-8-4-11(5-9-13)10-2-6-12(14)7-3-10/h10-11,13H,2-9H2,1H3. The van der Waals surface area contributed by atoms with Crippen LogP contribution in [0.2, 0.25) is 0 Å². The van der Waals surface area contributed by atoms with Crippen molar-refractivity contribution in [2.45, 2.75) is 57.5 Å². The third-order valence-corrected chi connectivity index (χ3v) is 4.31. The highest BCUT2D eigenvalue weighted by atomic mass is 16.5. The first-order valence-electron chi connectivity index (χ1n) is 6.34. The molecule has 2 saturated carbocycles. The number of ketones is 1. The summed E-state index contributed by atoms with van der Waals surface area (Å²) in [6, 6.07) is 0. The van der Waals surface area contributed by atoms with E-state index >= 15 is 0 Å². The molecule has 0 aromatic carbocycles. The molecule has 0 aromatic heterocycles. The van der Waals surface area contributed by atoms with E-state index in [4.69, 9.17) is 4.74 Å². The summed E-state index contributed by atoms with van der Waals surface area (Å²) >= 11 is 0. The summed E-state index contributed by atoms with van der Waals surface area (Å²) in [6.07, 6.45) is 9.59. The third kappa shape index (κ3) is 2.81. The topological polar surface area (TPSA) is 26.3 Å². The van der Waals surface area contributed by atoms with Crippen molar-refractivity contribution in [2.75, 3.05) is 7.11 Å². The van der Waals surface area contributed by atoms with Crippen molar-refractivity contribution in [1.29, 1.82) is 0 Å². The molecule has 0 saturated heterocycles. The van der Waals surface area contributed by atoms with Gasteiger partial charge in [-0.05, 0) is 50.4 Å². The number of hydrogen-bond donors (Lipinski definition) is 0. The van der Waals surface area contributed by atoms with Crippen molar-refractivity contribution in [1.82, 2.24) is 0 Å². The average Bonchev–Trinajstić information content (AvgIpc) is 2.30. The molecule has 0 N–H and O–H groups in total. The van der Waals surface area contributed by atoms with E-state index in [-0.39, 0.29) is 0 Å². The Morgan fingerprint density at radius 2 is 1.47 bits per heavy atom. The second kappa shape index (κ2) is 5.11. The third-order valence-electron chi connectivity index (χ3n) is 4.31. The first-order chi connectivity index (χ1) is 7.29. The van der Waals surface area contributed by atoms with Gasteiger partial charge in [0.25, 0.3) is 0 Å². The number of hydrogen-bond acceptors (Lipinski definition) is 2. The van der Waals surface area contributed by atoms with Crippen LogP contribution in [0.15, 0.2) is 0 Å². The molecule has 0 aliphatic heterocycles. The Kier molecular flexibility index (Phi) is 3.79. The molecule has 2 nitrogen and oxygen atoms in total. The summed E-state index contributed by atoms with van der Waals surface area (Å²) < 4.78 is 5.39. The van der Waals surface area contributed by atoms with Crippen LogP contribution in [-0.2, 0) is 9.53 Å². The fourth-order valence-corrected chi connectivity index (χ4v) is 3.23. The average molecular weight is 210 g/mol. The van der Waals surface area contributed by atoms with Crippen LogP contribution in [0.25, 0.3) is 0 Å². The lowest BCUT2D eigenvalue weighted by atomic mass is 9.72. The molecule has 2 heteroatoms. The highest BCUT2D eigenvalue weighted by Crippen LogP contribution is 2.37. The molecule has 0 amide bonds. The SMILES string of the molecule is COC1CCC(C2CCC(=O)CC2)CC1. The van der Waals surface area contributed by atoms with Gasteiger partial charge in [0.05, 0.1) is 6.10 Å². The lowest BCUT2D eigenvalue weighted by molar-refractivity contribution is -0.121. The van der Waals surface area contributed by atoms with Crippen molar-refractivity contribution in [3.05, 3.63) is 0 Å². The molecule has 0 atom stereocenters. The second-order valence-corrected chi connectivity index (χ2v) is 5.15. The van der Waals surface area contributed by atoms with Crippen LogP contribution in [0.1, 0.15) is 51.4 Å². The van der Waals surface area contributed by atoms with Gasteiger partial charge >= 0.3 is 0 Å². The minimum Gasteiger partial charge on any atom is -0.381 e. The van der Waals surface area contributed by atoms with E-state index in [9.17, 15) is 4.79 Å². The molecule has 2 fully saturated rings. The number of carbonyl (C=O) groups excluding carboxylic acids is 1. The summed E-state index contributed by atoms with van der Waals surface area (Å²) in [4.78, 5) is 11.2. The van der Waals surface area contributed by atoms with Crippen molar-refractivity contribution in [3.63, 3.8) is 0 Å². The summed E-state index contributed by atoms with van der Waals surface area (Å²) in [5, 5.41) is 0. The zero-order chi connectivity index (χ0) is 10.7. The molecule has 86 valence electrons. The molecular weight excluding hydrogens is 188 g/mol. The highest BCUT2D eigenvalue weighted by molar-refractivity contribution is 5.79. The largest absolute Gasteiger partial charge is 0.381 e. The van der Waals surface area contributed by atoms with E-state index in [1.165, 1.54) is 25.7 Å². The van der Waals surface area contributed by atoms with E-state index in [0.717, 1.165) is 37.5 Å². The van der Waals surface area contributed by atoms with Crippen LogP contribution in [0.5, 0.6) is 0 Å². The van der Waals surface area contributed by atoms with Crippen LogP contribution in [0.3, 0.4) is 0 Å². The number of rotatable bonds is 2. The molecule has 0 bridgehead atoms. The Hall–Kier alpha value is -0.370. The van der Waals surface area contributed by atoms with Gasteiger partial charge in [0.2, 0.25) is 0 Å². The van der Waals surface area contributed by atoms with Gasteiger partial charge in [-0.2, -0.15) is 0 Å². The smallest absolute Gasteiger partial charge is 0.132 e. The van der Waals surface area contributed by atoms with Gasteiger partial charge < -0.3 is 4.74 Å². The maximum Gasteiger partial charge on any atom is 0.132 e. The van der Waals surface area contributed by atoms with Crippen LogP contribution in [0.4, 0.5) is 0 Å². The van der Waals surface area contributed by atoms with Gasteiger partial charge in [0.1, 0.15) is 5.78 Å². The fraction of sp³-hybridized carbons (Fsp3) is 0.923. The Bertz CT molecular complexity index is 207. The van der Waals surface area contributed by atoms with Crippen LogP contribution in [-0.4, -0.2) is 19.0 Å². The quantitative estimate of drug-likeness (QED) is 0.700. The lowest BCUT2D eigenvalue weighted by Gasteiger charge is -2.35. The van der Waals surface area contributed by atoms with Crippen LogP contribution >= 0.6 is 0 Å². The fourth-order valence-electron chi connectivity index (χ4n) is 3.23. The molecule has 0 unspecified atom stereocenters. The van der Waals surface area contributed by atoms with Crippen molar-refractivity contribution in [3.8, 4) is 0 Å². The first-order valence-corrected chi connectivity index (χ1v) is 6.34. The Morgan fingerprint density at radius 3 is 2.00 bits per heavy atom. The summed E-state index contributed by atoms with van der Waals surface area (Å²) in [6.45, 7) is 0. The van der Waals surface area contributed by atoms with E-state index in [2.05, 4.69) is 0 Å².